The van der Waals surface area contributed by atoms with E-state index >= 15 is 0 Å². The molecular formula is C17H25N3O. The van der Waals surface area contributed by atoms with Crippen molar-refractivity contribution in [1.29, 1.82) is 5.26 Å². The van der Waals surface area contributed by atoms with E-state index in [9.17, 15) is 5.26 Å². The highest BCUT2D eigenvalue weighted by Crippen LogP contribution is 2.25. The van der Waals surface area contributed by atoms with Gasteiger partial charge in [0.25, 0.3) is 0 Å². The molecule has 0 spiro atoms. The third kappa shape index (κ3) is 3.62. The summed E-state index contributed by atoms with van der Waals surface area (Å²) in [5.41, 5.74) is 0.425. The van der Waals surface area contributed by atoms with Crippen LogP contribution in [0, 0.1) is 11.3 Å². The Balaban J connectivity index is 2.08. The van der Waals surface area contributed by atoms with Crippen LogP contribution in [0.2, 0.25) is 0 Å². The molecule has 1 saturated heterocycles. The Morgan fingerprint density at radius 2 is 2.19 bits per heavy atom. The van der Waals surface area contributed by atoms with Gasteiger partial charge < -0.3 is 4.74 Å². The van der Waals surface area contributed by atoms with Crippen LogP contribution < -0.4 is 5.32 Å². The fourth-order valence-electron chi connectivity index (χ4n) is 2.98. The molecule has 1 aliphatic rings. The summed E-state index contributed by atoms with van der Waals surface area (Å²) in [6.45, 7) is 5.66. The van der Waals surface area contributed by atoms with Gasteiger partial charge in [0, 0.05) is 19.1 Å². The van der Waals surface area contributed by atoms with Gasteiger partial charge in [-0.25, -0.2) is 0 Å². The Labute approximate surface area is 127 Å². The normalized spacial score (nSPS) is 22.4. The molecule has 0 amide bonds. The van der Waals surface area contributed by atoms with E-state index in [1.54, 1.807) is 0 Å². The van der Waals surface area contributed by atoms with Crippen molar-refractivity contribution in [3.63, 3.8) is 0 Å². The van der Waals surface area contributed by atoms with Crippen LogP contribution in [0.15, 0.2) is 30.3 Å². The van der Waals surface area contributed by atoms with Crippen LogP contribution in [0.3, 0.4) is 0 Å². The fraction of sp³-hybridized carbons (Fsp3) is 0.588. The van der Waals surface area contributed by atoms with Crippen LogP contribution in [0.4, 0.5) is 0 Å². The minimum atomic E-state index is -0.613. The first-order valence-corrected chi connectivity index (χ1v) is 7.73. The summed E-state index contributed by atoms with van der Waals surface area (Å²) >= 11 is 0. The molecule has 1 aromatic rings. The number of nitrogens with one attached hydrogen (secondary N) is 1. The van der Waals surface area contributed by atoms with Crippen molar-refractivity contribution in [2.24, 2.45) is 0 Å². The Bertz CT molecular complexity index is 471. The van der Waals surface area contributed by atoms with Gasteiger partial charge in [-0.2, -0.15) is 5.26 Å². The quantitative estimate of drug-likeness (QED) is 0.871. The first-order chi connectivity index (χ1) is 10.3. The Morgan fingerprint density at radius 3 is 2.81 bits per heavy atom. The maximum Gasteiger partial charge on any atom is 0.133 e. The van der Waals surface area contributed by atoms with Crippen molar-refractivity contribution in [3.8, 4) is 6.07 Å². The van der Waals surface area contributed by atoms with Crippen LogP contribution in [0.25, 0.3) is 0 Å². The number of nitriles is 1. The molecule has 1 N–H and O–H groups in total. The van der Waals surface area contributed by atoms with Crippen molar-refractivity contribution in [2.45, 2.75) is 31.3 Å². The zero-order valence-electron chi connectivity index (χ0n) is 13.0. The summed E-state index contributed by atoms with van der Waals surface area (Å²) in [6, 6.07) is 13.0. The molecule has 0 saturated carbocycles. The maximum absolute atomic E-state index is 9.73. The monoisotopic (exact) mass is 287 g/mol. The molecule has 1 heterocycles. The minimum absolute atomic E-state index is 0.475. The van der Waals surface area contributed by atoms with Crippen molar-refractivity contribution in [2.75, 3.05) is 33.4 Å². The van der Waals surface area contributed by atoms with Gasteiger partial charge in [0.2, 0.25) is 0 Å². The highest BCUT2D eigenvalue weighted by Gasteiger charge is 2.32. The van der Waals surface area contributed by atoms with Crippen LogP contribution in [0.5, 0.6) is 0 Å². The maximum atomic E-state index is 9.73. The lowest BCUT2D eigenvalue weighted by atomic mass is 9.87. The molecule has 1 aliphatic heterocycles. The largest absolute Gasteiger partial charge is 0.378 e. The highest BCUT2D eigenvalue weighted by molar-refractivity contribution is 5.31. The summed E-state index contributed by atoms with van der Waals surface area (Å²) in [6.07, 6.45) is 1.87. The molecule has 4 nitrogen and oxygen atoms in total. The van der Waals surface area contributed by atoms with Crippen molar-refractivity contribution >= 4 is 0 Å². The van der Waals surface area contributed by atoms with E-state index in [4.69, 9.17) is 4.74 Å². The Morgan fingerprint density at radius 1 is 1.43 bits per heavy atom. The Kier molecular flexibility index (Phi) is 5.75. The molecule has 1 fully saturated rings. The fourth-order valence-corrected chi connectivity index (χ4v) is 2.98. The number of nitrogens with zero attached hydrogens (tertiary/aromatic N) is 2. The van der Waals surface area contributed by atoms with Gasteiger partial charge in [-0.3, -0.25) is 10.2 Å². The third-order valence-electron chi connectivity index (χ3n) is 4.48. The average molecular weight is 287 g/mol. The first-order valence-electron chi connectivity index (χ1n) is 7.73. The van der Waals surface area contributed by atoms with E-state index in [1.807, 2.05) is 37.4 Å². The molecule has 0 radical (unpaired) electrons. The van der Waals surface area contributed by atoms with E-state index in [0.29, 0.717) is 6.04 Å². The zero-order valence-corrected chi connectivity index (χ0v) is 13.0. The number of hydrogen-bond acceptors (Lipinski definition) is 4. The lowest BCUT2D eigenvalue weighted by molar-refractivity contribution is -0.0111. The number of ether oxygens (including phenoxy) is 1. The number of benzene rings is 1. The number of hydrogen-bond donors (Lipinski definition) is 1. The highest BCUT2D eigenvalue weighted by atomic mass is 16.5. The second-order valence-corrected chi connectivity index (χ2v) is 5.56. The van der Waals surface area contributed by atoms with Gasteiger partial charge in [0.1, 0.15) is 5.54 Å². The van der Waals surface area contributed by atoms with Gasteiger partial charge in [-0.15, -0.1) is 0 Å². The van der Waals surface area contributed by atoms with Gasteiger partial charge in [-0.1, -0.05) is 37.3 Å². The summed E-state index contributed by atoms with van der Waals surface area (Å²) in [7, 11) is 1.87. The molecule has 0 aliphatic carbocycles. The van der Waals surface area contributed by atoms with Gasteiger partial charge in [-0.05, 0) is 25.5 Å². The van der Waals surface area contributed by atoms with Crippen LogP contribution in [-0.4, -0.2) is 44.3 Å². The molecular weight excluding hydrogens is 262 g/mol. The molecule has 2 unspecified atom stereocenters. The zero-order chi connectivity index (χ0) is 15.1. The van der Waals surface area contributed by atoms with E-state index in [2.05, 4.69) is 23.2 Å². The lowest BCUT2D eigenvalue weighted by Gasteiger charge is -2.37. The second-order valence-electron chi connectivity index (χ2n) is 5.56. The minimum Gasteiger partial charge on any atom is -0.378 e. The smallest absolute Gasteiger partial charge is 0.133 e. The van der Waals surface area contributed by atoms with Gasteiger partial charge in [0.05, 0.1) is 19.3 Å². The van der Waals surface area contributed by atoms with Crippen LogP contribution >= 0.6 is 0 Å². The molecule has 0 aromatic heterocycles. The molecule has 2 atom stereocenters. The van der Waals surface area contributed by atoms with Crippen molar-refractivity contribution in [1.82, 2.24) is 10.2 Å². The van der Waals surface area contributed by atoms with Gasteiger partial charge >= 0.3 is 0 Å². The topological polar surface area (TPSA) is 48.3 Å². The summed E-state index contributed by atoms with van der Waals surface area (Å²) < 4.78 is 5.55. The van der Waals surface area contributed by atoms with Crippen molar-refractivity contribution < 1.29 is 4.74 Å². The molecule has 114 valence electrons. The van der Waals surface area contributed by atoms with E-state index in [0.717, 1.165) is 44.7 Å². The summed E-state index contributed by atoms with van der Waals surface area (Å²) in [4.78, 5) is 2.45. The average Bonchev–Trinajstić information content (AvgIpc) is 2.57. The number of rotatable bonds is 6. The van der Waals surface area contributed by atoms with E-state index in [1.165, 1.54) is 0 Å². The van der Waals surface area contributed by atoms with E-state index < -0.39 is 5.54 Å². The van der Waals surface area contributed by atoms with Gasteiger partial charge in [0.15, 0.2) is 0 Å². The molecule has 2 rings (SSSR count). The molecule has 4 heteroatoms. The Hall–Kier alpha value is -1.41. The lowest BCUT2D eigenvalue weighted by Crippen LogP contribution is -2.48. The van der Waals surface area contributed by atoms with Crippen LogP contribution in [-0.2, 0) is 10.3 Å². The predicted molar refractivity (Wildman–Crippen MR) is 83.9 cm³/mol. The van der Waals surface area contributed by atoms with Crippen LogP contribution in [0.1, 0.15) is 25.3 Å². The molecule has 1 aromatic carbocycles. The molecule has 0 bridgehead atoms. The molecule has 21 heavy (non-hydrogen) atoms. The first kappa shape index (κ1) is 16.0. The third-order valence-corrected chi connectivity index (χ3v) is 4.48. The number of morpholine rings is 1. The summed E-state index contributed by atoms with van der Waals surface area (Å²) in [5.74, 6) is 0. The standard InChI is InChI=1S/C17H25N3O/c1-3-16-13-21-12-11-20(16)10-9-17(14-18,19-2)15-7-5-4-6-8-15/h4-8,16,19H,3,9-13H2,1-2H3. The SMILES string of the molecule is CCC1COCCN1CCC(C#N)(NC)c1ccccc1. The predicted octanol–water partition coefficient (Wildman–Crippen LogP) is 2.13. The summed E-state index contributed by atoms with van der Waals surface area (Å²) in [5, 5.41) is 13.0. The second kappa shape index (κ2) is 7.56. The van der Waals surface area contributed by atoms with E-state index in [-0.39, 0.29) is 0 Å². The van der Waals surface area contributed by atoms with Crippen molar-refractivity contribution in [3.05, 3.63) is 35.9 Å².